The molecule has 0 aliphatic carbocycles. The third-order valence-corrected chi connectivity index (χ3v) is 3.78. The van der Waals surface area contributed by atoms with Crippen molar-refractivity contribution < 1.29 is 4.74 Å². The van der Waals surface area contributed by atoms with E-state index in [0.29, 0.717) is 0 Å². The topological polar surface area (TPSA) is 12.5 Å². The Kier molecular flexibility index (Phi) is 6.66. The average Bonchev–Trinajstić information content (AvgIpc) is 2.57. The molecule has 3 heteroatoms. The Hall–Kier alpha value is -1.61. The first-order valence-corrected chi connectivity index (χ1v) is 7.53. The zero-order chi connectivity index (χ0) is 14.3. The summed E-state index contributed by atoms with van der Waals surface area (Å²) >= 11 is 0. The second-order valence-corrected chi connectivity index (χ2v) is 5.33. The Morgan fingerprint density at radius 2 is 1.50 bits per heavy atom. The summed E-state index contributed by atoms with van der Waals surface area (Å²) in [6, 6.07) is 21.2. The minimum Gasteiger partial charge on any atom is -0.379 e. The molecular weight excluding hydrogens is 294 g/mol. The van der Waals surface area contributed by atoms with Gasteiger partial charge in [-0.25, -0.2) is 0 Å². The van der Waals surface area contributed by atoms with E-state index in [-0.39, 0.29) is 12.4 Å². The molecular formula is C19H22ClNO. The average molecular weight is 316 g/mol. The van der Waals surface area contributed by atoms with Gasteiger partial charge in [0.25, 0.3) is 0 Å². The Morgan fingerprint density at radius 3 is 2.14 bits per heavy atom. The van der Waals surface area contributed by atoms with Crippen molar-refractivity contribution >= 4 is 24.1 Å². The molecule has 1 fully saturated rings. The molecule has 3 rings (SSSR count). The van der Waals surface area contributed by atoms with E-state index >= 15 is 0 Å². The van der Waals surface area contributed by atoms with Crippen molar-refractivity contribution in [1.29, 1.82) is 0 Å². The van der Waals surface area contributed by atoms with Crippen LogP contribution < -0.4 is 0 Å². The summed E-state index contributed by atoms with van der Waals surface area (Å²) in [6.07, 6.45) is 2.30. The molecule has 1 aliphatic rings. The maximum absolute atomic E-state index is 5.44. The van der Waals surface area contributed by atoms with Crippen LogP contribution in [-0.2, 0) is 4.74 Å². The van der Waals surface area contributed by atoms with Crippen molar-refractivity contribution in [2.75, 3.05) is 32.8 Å². The number of morpholine rings is 1. The van der Waals surface area contributed by atoms with Gasteiger partial charge in [0.05, 0.1) is 13.2 Å². The zero-order valence-corrected chi connectivity index (χ0v) is 13.5. The quantitative estimate of drug-likeness (QED) is 0.791. The van der Waals surface area contributed by atoms with E-state index in [9.17, 15) is 0 Å². The van der Waals surface area contributed by atoms with Gasteiger partial charge in [-0.1, -0.05) is 60.7 Å². The van der Waals surface area contributed by atoms with Gasteiger partial charge in [0.1, 0.15) is 0 Å². The molecule has 0 amide bonds. The van der Waals surface area contributed by atoms with Gasteiger partial charge in [-0.15, -0.1) is 12.4 Å². The highest BCUT2D eigenvalue weighted by atomic mass is 35.5. The summed E-state index contributed by atoms with van der Waals surface area (Å²) in [5.74, 6) is 0. The molecule has 2 nitrogen and oxygen atoms in total. The number of benzene rings is 2. The Balaban J connectivity index is 0.00000176. The molecule has 0 saturated carbocycles. The molecule has 2 aromatic rings. The molecule has 1 aliphatic heterocycles. The molecule has 0 spiro atoms. The number of hydrogen-bond donors (Lipinski definition) is 0. The summed E-state index contributed by atoms with van der Waals surface area (Å²) < 4.78 is 5.44. The minimum absolute atomic E-state index is 0. The molecule has 0 N–H and O–H groups in total. The molecule has 0 radical (unpaired) electrons. The van der Waals surface area contributed by atoms with Gasteiger partial charge >= 0.3 is 0 Å². The maximum atomic E-state index is 5.44. The largest absolute Gasteiger partial charge is 0.379 e. The molecule has 0 unspecified atom stereocenters. The highest BCUT2D eigenvalue weighted by Crippen LogP contribution is 2.20. The maximum Gasteiger partial charge on any atom is 0.0594 e. The van der Waals surface area contributed by atoms with E-state index in [4.69, 9.17) is 4.74 Å². The second-order valence-electron chi connectivity index (χ2n) is 5.33. The predicted octanol–water partition coefficient (Wildman–Crippen LogP) is 3.98. The molecule has 1 heterocycles. The molecule has 22 heavy (non-hydrogen) atoms. The van der Waals surface area contributed by atoms with Crippen LogP contribution in [0, 0.1) is 0 Å². The van der Waals surface area contributed by atoms with Crippen molar-refractivity contribution in [3.63, 3.8) is 0 Å². The Bertz CT molecular complexity index is 577. The van der Waals surface area contributed by atoms with Crippen molar-refractivity contribution in [2.24, 2.45) is 0 Å². The smallest absolute Gasteiger partial charge is 0.0594 e. The number of rotatable bonds is 4. The van der Waals surface area contributed by atoms with E-state index in [0.717, 1.165) is 32.8 Å². The van der Waals surface area contributed by atoms with E-state index in [1.165, 1.54) is 16.7 Å². The fourth-order valence-corrected chi connectivity index (χ4v) is 2.62. The summed E-state index contributed by atoms with van der Waals surface area (Å²) in [4.78, 5) is 2.46. The van der Waals surface area contributed by atoms with Gasteiger partial charge in [-0.3, -0.25) is 4.90 Å². The van der Waals surface area contributed by atoms with Gasteiger partial charge in [0.15, 0.2) is 0 Å². The molecule has 2 aromatic carbocycles. The van der Waals surface area contributed by atoms with Crippen LogP contribution in [0.2, 0.25) is 0 Å². The van der Waals surface area contributed by atoms with Crippen molar-refractivity contribution in [3.05, 3.63) is 71.8 Å². The summed E-state index contributed by atoms with van der Waals surface area (Å²) in [5, 5.41) is 0. The lowest BCUT2D eigenvalue weighted by molar-refractivity contribution is 0.0444. The minimum atomic E-state index is 0. The van der Waals surface area contributed by atoms with Gasteiger partial charge < -0.3 is 4.74 Å². The zero-order valence-electron chi connectivity index (χ0n) is 12.7. The summed E-state index contributed by atoms with van der Waals surface area (Å²) in [6.45, 7) is 4.68. The molecule has 0 bridgehead atoms. The van der Waals surface area contributed by atoms with Crippen LogP contribution in [0.15, 0.2) is 60.7 Å². The number of halogens is 1. The summed E-state index contributed by atoms with van der Waals surface area (Å²) in [5.41, 5.74) is 3.92. The van der Waals surface area contributed by atoms with Crippen LogP contribution in [0.25, 0.3) is 11.6 Å². The predicted molar refractivity (Wildman–Crippen MR) is 95.3 cm³/mol. The van der Waals surface area contributed by atoms with E-state index < -0.39 is 0 Å². The van der Waals surface area contributed by atoms with Crippen LogP contribution >= 0.6 is 12.4 Å². The highest BCUT2D eigenvalue weighted by molar-refractivity contribution is 5.85. The van der Waals surface area contributed by atoms with Crippen LogP contribution in [-0.4, -0.2) is 37.7 Å². The van der Waals surface area contributed by atoms with Crippen molar-refractivity contribution in [3.8, 4) is 0 Å². The van der Waals surface area contributed by atoms with Crippen LogP contribution in [0.4, 0.5) is 0 Å². The Morgan fingerprint density at radius 1 is 0.909 bits per heavy atom. The van der Waals surface area contributed by atoms with Crippen molar-refractivity contribution in [1.82, 2.24) is 4.90 Å². The fourth-order valence-electron chi connectivity index (χ4n) is 2.62. The van der Waals surface area contributed by atoms with Gasteiger partial charge in [0.2, 0.25) is 0 Å². The normalized spacial score (nSPS) is 16.1. The van der Waals surface area contributed by atoms with Gasteiger partial charge in [0, 0.05) is 19.6 Å². The molecule has 0 aromatic heterocycles. The van der Waals surface area contributed by atoms with Gasteiger partial charge in [-0.2, -0.15) is 0 Å². The van der Waals surface area contributed by atoms with E-state index in [1.54, 1.807) is 0 Å². The van der Waals surface area contributed by atoms with Gasteiger partial charge in [-0.05, 0) is 22.8 Å². The lowest BCUT2D eigenvalue weighted by atomic mass is 10.0. The third kappa shape index (κ3) is 4.70. The monoisotopic (exact) mass is 315 g/mol. The molecule has 1 saturated heterocycles. The van der Waals surface area contributed by atoms with E-state index in [1.807, 2.05) is 0 Å². The Labute approximate surface area is 138 Å². The SMILES string of the molecule is C(=C(/CN1CCOCC1)c1ccccc1)/c1ccccc1.Cl. The third-order valence-electron chi connectivity index (χ3n) is 3.78. The van der Waals surface area contributed by atoms with Crippen LogP contribution in [0.3, 0.4) is 0 Å². The lowest BCUT2D eigenvalue weighted by Gasteiger charge is -2.27. The highest BCUT2D eigenvalue weighted by Gasteiger charge is 2.13. The summed E-state index contributed by atoms with van der Waals surface area (Å²) in [7, 11) is 0. The number of ether oxygens (including phenoxy) is 1. The number of nitrogens with zero attached hydrogens (tertiary/aromatic N) is 1. The first-order chi connectivity index (χ1) is 10.4. The molecule has 116 valence electrons. The lowest BCUT2D eigenvalue weighted by Crippen LogP contribution is -2.37. The van der Waals surface area contributed by atoms with Crippen LogP contribution in [0.1, 0.15) is 11.1 Å². The fraction of sp³-hybridized carbons (Fsp3) is 0.263. The first-order valence-electron chi connectivity index (χ1n) is 7.53. The number of hydrogen-bond acceptors (Lipinski definition) is 2. The first kappa shape index (κ1) is 16.8. The standard InChI is InChI=1S/C19H21NO.ClH/c1-3-7-17(8-4-1)15-19(18-9-5-2-6-10-18)16-20-11-13-21-14-12-20;/h1-10,15H,11-14,16H2;1H/b19-15+;. The van der Waals surface area contributed by atoms with Crippen LogP contribution in [0.5, 0.6) is 0 Å². The van der Waals surface area contributed by atoms with E-state index in [2.05, 4.69) is 71.6 Å². The van der Waals surface area contributed by atoms with Crippen molar-refractivity contribution in [2.45, 2.75) is 0 Å². The second kappa shape index (κ2) is 8.74. The molecule has 0 atom stereocenters.